The number of nitrogens with zero attached hydrogens (tertiary/aromatic N) is 1. The molecule has 0 aliphatic carbocycles. The van der Waals surface area contributed by atoms with E-state index in [1.165, 1.54) is 0 Å². The number of aliphatic hydroxyl groups excluding tert-OH is 1. The van der Waals surface area contributed by atoms with Crippen LogP contribution in [0.3, 0.4) is 0 Å². The van der Waals surface area contributed by atoms with Gasteiger partial charge in [-0.1, -0.05) is 6.92 Å². The van der Waals surface area contributed by atoms with Crippen LogP contribution in [0.25, 0.3) is 0 Å². The first-order chi connectivity index (χ1) is 6.26. The van der Waals surface area contributed by atoms with Gasteiger partial charge in [-0.25, -0.2) is 0 Å². The fraction of sp³-hybridized carbons (Fsp3) is 1.00. The second-order valence-electron chi connectivity index (χ2n) is 4.02. The standard InChI is InChI=1S/C10H21NO2/c1-9(8-12)7-11-5-3-10(13-2)4-6-11/h9-10,12H,3-8H2,1-2H3. The zero-order valence-electron chi connectivity index (χ0n) is 8.70. The minimum atomic E-state index is 0.296. The summed E-state index contributed by atoms with van der Waals surface area (Å²) >= 11 is 0. The smallest absolute Gasteiger partial charge is 0.0595 e. The van der Waals surface area contributed by atoms with Gasteiger partial charge in [0.15, 0.2) is 0 Å². The van der Waals surface area contributed by atoms with Crippen LogP contribution in [0.2, 0.25) is 0 Å². The van der Waals surface area contributed by atoms with Crippen LogP contribution in [0.4, 0.5) is 0 Å². The van der Waals surface area contributed by atoms with Crippen molar-refractivity contribution >= 4 is 0 Å². The van der Waals surface area contributed by atoms with E-state index in [9.17, 15) is 0 Å². The topological polar surface area (TPSA) is 32.7 Å². The molecule has 0 aromatic carbocycles. The van der Waals surface area contributed by atoms with Gasteiger partial charge in [0.05, 0.1) is 6.10 Å². The molecule has 3 heteroatoms. The highest BCUT2D eigenvalue weighted by atomic mass is 16.5. The molecule has 1 saturated heterocycles. The van der Waals surface area contributed by atoms with Crippen LogP contribution in [0.5, 0.6) is 0 Å². The average molecular weight is 187 g/mol. The van der Waals surface area contributed by atoms with Crippen molar-refractivity contribution in [2.45, 2.75) is 25.9 Å². The molecule has 1 aliphatic heterocycles. The Bertz CT molecular complexity index is 133. The van der Waals surface area contributed by atoms with E-state index in [0.717, 1.165) is 32.5 Å². The highest BCUT2D eigenvalue weighted by molar-refractivity contribution is 4.73. The minimum Gasteiger partial charge on any atom is -0.396 e. The lowest BCUT2D eigenvalue weighted by atomic mass is 10.1. The number of aliphatic hydroxyl groups is 1. The summed E-state index contributed by atoms with van der Waals surface area (Å²) in [6.07, 6.45) is 2.73. The Morgan fingerprint density at radius 3 is 2.54 bits per heavy atom. The normalized spacial score (nSPS) is 23.3. The Hall–Kier alpha value is -0.120. The van der Waals surface area contributed by atoms with E-state index in [1.807, 2.05) is 0 Å². The molecule has 0 saturated carbocycles. The van der Waals surface area contributed by atoms with Gasteiger partial charge in [0.2, 0.25) is 0 Å². The summed E-state index contributed by atoms with van der Waals surface area (Å²) in [4.78, 5) is 2.41. The number of piperidine rings is 1. The number of hydrogen-bond acceptors (Lipinski definition) is 3. The van der Waals surface area contributed by atoms with Crippen molar-refractivity contribution in [2.75, 3.05) is 33.4 Å². The van der Waals surface area contributed by atoms with Gasteiger partial charge in [-0.15, -0.1) is 0 Å². The third kappa shape index (κ3) is 3.63. The Morgan fingerprint density at radius 2 is 2.08 bits per heavy atom. The van der Waals surface area contributed by atoms with E-state index in [2.05, 4.69) is 11.8 Å². The van der Waals surface area contributed by atoms with Gasteiger partial charge < -0.3 is 14.7 Å². The van der Waals surface area contributed by atoms with Crippen molar-refractivity contribution < 1.29 is 9.84 Å². The molecule has 1 aliphatic rings. The number of rotatable bonds is 4. The average Bonchev–Trinajstić information content (AvgIpc) is 2.19. The Morgan fingerprint density at radius 1 is 1.46 bits per heavy atom. The van der Waals surface area contributed by atoms with Crippen LogP contribution in [0, 0.1) is 5.92 Å². The lowest BCUT2D eigenvalue weighted by Crippen LogP contribution is -2.39. The predicted octanol–water partition coefficient (Wildman–Crippen LogP) is 0.726. The molecular weight excluding hydrogens is 166 g/mol. The van der Waals surface area contributed by atoms with Crippen molar-refractivity contribution in [3.05, 3.63) is 0 Å². The molecule has 0 radical (unpaired) electrons. The van der Waals surface area contributed by atoms with Crippen molar-refractivity contribution in [2.24, 2.45) is 5.92 Å². The van der Waals surface area contributed by atoms with E-state index < -0.39 is 0 Å². The van der Waals surface area contributed by atoms with E-state index in [4.69, 9.17) is 9.84 Å². The predicted molar refractivity (Wildman–Crippen MR) is 52.7 cm³/mol. The summed E-state index contributed by atoms with van der Waals surface area (Å²) in [5.41, 5.74) is 0. The lowest BCUT2D eigenvalue weighted by Gasteiger charge is -2.32. The van der Waals surface area contributed by atoms with E-state index in [1.54, 1.807) is 7.11 Å². The number of likely N-dealkylation sites (tertiary alicyclic amines) is 1. The third-order valence-corrected chi connectivity index (χ3v) is 2.75. The summed E-state index contributed by atoms with van der Waals surface area (Å²) in [5, 5.41) is 8.91. The van der Waals surface area contributed by atoms with Crippen LogP contribution in [0.1, 0.15) is 19.8 Å². The van der Waals surface area contributed by atoms with Crippen LogP contribution in [0.15, 0.2) is 0 Å². The third-order valence-electron chi connectivity index (χ3n) is 2.75. The van der Waals surface area contributed by atoms with Gasteiger partial charge in [-0.3, -0.25) is 0 Å². The summed E-state index contributed by atoms with van der Waals surface area (Å²) < 4.78 is 5.29. The largest absolute Gasteiger partial charge is 0.396 e. The van der Waals surface area contributed by atoms with Gasteiger partial charge in [0, 0.05) is 33.4 Å². The molecule has 1 fully saturated rings. The second kappa shape index (κ2) is 5.58. The summed E-state index contributed by atoms with van der Waals surface area (Å²) in [6, 6.07) is 0. The molecule has 1 heterocycles. The van der Waals surface area contributed by atoms with Crippen LogP contribution < -0.4 is 0 Å². The molecule has 0 spiro atoms. The molecule has 0 aromatic heterocycles. The zero-order valence-corrected chi connectivity index (χ0v) is 8.70. The van der Waals surface area contributed by atoms with Crippen molar-refractivity contribution in [3.8, 4) is 0 Å². The Balaban J connectivity index is 2.17. The number of hydrogen-bond donors (Lipinski definition) is 1. The number of ether oxygens (including phenoxy) is 1. The molecule has 0 bridgehead atoms. The highest BCUT2D eigenvalue weighted by Crippen LogP contribution is 2.13. The first-order valence-corrected chi connectivity index (χ1v) is 5.12. The van der Waals surface area contributed by atoms with Crippen LogP contribution in [-0.4, -0.2) is 49.5 Å². The van der Waals surface area contributed by atoms with Gasteiger partial charge in [0.25, 0.3) is 0 Å². The van der Waals surface area contributed by atoms with Crippen LogP contribution >= 0.6 is 0 Å². The molecule has 1 rings (SSSR count). The maximum atomic E-state index is 8.91. The Labute approximate surface area is 80.7 Å². The molecule has 13 heavy (non-hydrogen) atoms. The second-order valence-corrected chi connectivity index (χ2v) is 4.02. The van der Waals surface area contributed by atoms with E-state index in [-0.39, 0.29) is 0 Å². The maximum absolute atomic E-state index is 8.91. The molecule has 1 unspecified atom stereocenters. The SMILES string of the molecule is COC1CCN(CC(C)CO)CC1. The van der Waals surface area contributed by atoms with Gasteiger partial charge in [-0.05, 0) is 18.8 Å². The van der Waals surface area contributed by atoms with Crippen molar-refractivity contribution in [1.29, 1.82) is 0 Å². The summed E-state index contributed by atoms with van der Waals surface area (Å²) in [5.74, 6) is 0.402. The fourth-order valence-electron chi connectivity index (χ4n) is 1.83. The lowest BCUT2D eigenvalue weighted by molar-refractivity contribution is 0.0343. The Kier molecular flexibility index (Phi) is 4.70. The quantitative estimate of drug-likeness (QED) is 0.704. The van der Waals surface area contributed by atoms with E-state index in [0.29, 0.717) is 18.6 Å². The molecule has 1 N–H and O–H groups in total. The fourth-order valence-corrected chi connectivity index (χ4v) is 1.83. The molecular formula is C10H21NO2. The summed E-state index contributed by atoms with van der Waals surface area (Å²) in [6.45, 7) is 5.63. The van der Waals surface area contributed by atoms with Gasteiger partial charge in [-0.2, -0.15) is 0 Å². The van der Waals surface area contributed by atoms with E-state index >= 15 is 0 Å². The molecule has 78 valence electrons. The van der Waals surface area contributed by atoms with Crippen LogP contribution in [-0.2, 0) is 4.74 Å². The molecule has 3 nitrogen and oxygen atoms in total. The van der Waals surface area contributed by atoms with Crippen molar-refractivity contribution in [1.82, 2.24) is 4.90 Å². The highest BCUT2D eigenvalue weighted by Gasteiger charge is 2.19. The zero-order chi connectivity index (χ0) is 9.68. The first-order valence-electron chi connectivity index (χ1n) is 5.12. The van der Waals surface area contributed by atoms with Crippen molar-refractivity contribution in [3.63, 3.8) is 0 Å². The molecule has 0 amide bonds. The summed E-state index contributed by atoms with van der Waals surface area (Å²) in [7, 11) is 1.79. The minimum absolute atomic E-state index is 0.296. The maximum Gasteiger partial charge on any atom is 0.0595 e. The molecule has 1 atom stereocenters. The molecule has 0 aromatic rings. The monoisotopic (exact) mass is 187 g/mol. The van der Waals surface area contributed by atoms with Gasteiger partial charge >= 0.3 is 0 Å². The van der Waals surface area contributed by atoms with Gasteiger partial charge in [0.1, 0.15) is 0 Å². The number of methoxy groups -OCH3 is 1. The first kappa shape index (κ1) is 11.0.